The summed E-state index contributed by atoms with van der Waals surface area (Å²) in [5.74, 6) is -1.92. The van der Waals surface area contributed by atoms with Gasteiger partial charge >= 0.3 is 30.8 Å². The molecule has 2 aliphatic carbocycles. The Morgan fingerprint density at radius 2 is 1.11 bits per heavy atom. The van der Waals surface area contributed by atoms with Gasteiger partial charge in [0.05, 0.1) is 6.61 Å². The van der Waals surface area contributed by atoms with Crippen LogP contribution in [0.4, 0.5) is 0 Å². The fourth-order valence-corrected chi connectivity index (χ4v) is 8.76. The van der Waals surface area contributed by atoms with Crippen molar-refractivity contribution in [1.29, 1.82) is 0 Å². The predicted molar refractivity (Wildman–Crippen MR) is 228 cm³/mol. The van der Waals surface area contributed by atoms with Crippen LogP contribution in [-0.2, 0) is 72.0 Å². The molecule has 4 heterocycles. The van der Waals surface area contributed by atoms with E-state index in [1.165, 1.54) is 62.9 Å². The fourth-order valence-electron chi connectivity index (χ4n) is 8.76. The first-order valence-electron chi connectivity index (χ1n) is 22.4. The van der Waals surface area contributed by atoms with E-state index in [-0.39, 0.29) is 61.1 Å². The summed E-state index contributed by atoms with van der Waals surface area (Å²) >= 11 is 0. The van der Waals surface area contributed by atoms with Gasteiger partial charge in [0.1, 0.15) is 25.2 Å². The first-order chi connectivity index (χ1) is 28.9. The van der Waals surface area contributed by atoms with Crippen molar-refractivity contribution in [3.63, 3.8) is 0 Å². The maximum absolute atomic E-state index is 12.6. The van der Waals surface area contributed by atoms with Crippen LogP contribution >= 0.6 is 0 Å². The van der Waals surface area contributed by atoms with Crippen molar-refractivity contribution in [2.75, 3.05) is 46.9 Å². The Labute approximate surface area is 379 Å². The molecule has 0 radical (unpaired) electrons. The first kappa shape index (κ1) is 52.0. The van der Waals surface area contributed by atoms with E-state index in [2.05, 4.69) is 24.3 Å². The number of carbonyl (C=O) groups is 6. The van der Waals surface area contributed by atoms with Crippen molar-refractivity contribution in [1.82, 2.24) is 29.6 Å². The van der Waals surface area contributed by atoms with E-state index in [0.29, 0.717) is 45.4 Å². The van der Waals surface area contributed by atoms with Crippen LogP contribution in [-0.4, -0.2) is 135 Å². The van der Waals surface area contributed by atoms with Crippen LogP contribution in [0, 0.1) is 0 Å². The molecule has 4 amide bonds. The molecule has 2 unspecified atom stereocenters. The summed E-state index contributed by atoms with van der Waals surface area (Å²) in [6.45, 7) is 2.57. The number of aryl methyl sites for hydroxylation is 6. The minimum absolute atomic E-state index is 0. The molecule has 2 atom stereocenters. The molecule has 2 saturated heterocycles. The smallest absolute Gasteiger partial charge is 0.870 e. The molecule has 2 N–H and O–H groups in total. The molecule has 2 fully saturated rings. The second-order valence-corrected chi connectivity index (χ2v) is 16.7. The number of amides is 4. The molecule has 0 aromatic carbocycles. The Morgan fingerprint density at radius 1 is 0.677 bits per heavy atom. The number of hydrogen-bond donors (Lipinski definition) is 1. The van der Waals surface area contributed by atoms with Gasteiger partial charge in [-0.25, -0.2) is 0 Å². The van der Waals surface area contributed by atoms with Gasteiger partial charge in [0.2, 0.25) is 23.6 Å². The number of likely N-dealkylation sites (tertiary alicyclic amines) is 2. The Balaban J connectivity index is 0.000000321. The molecule has 0 saturated carbocycles. The number of rotatable bonds is 19. The third kappa shape index (κ3) is 15.2. The Kier molecular flexibility index (Phi) is 22.1. The number of hydrogen-bond acceptors (Lipinski definition) is 10. The molecule has 0 bridgehead atoms. The number of aliphatic carboxylic acids is 1. The number of aromatic nitrogens is 2. The van der Waals surface area contributed by atoms with Crippen molar-refractivity contribution < 1.29 is 62.9 Å². The van der Waals surface area contributed by atoms with E-state index in [9.17, 15) is 28.8 Å². The van der Waals surface area contributed by atoms with E-state index in [0.717, 1.165) is 88.4 Å². The third-order valence-electron chi connectivity index (χ3n) is 12.3. The van der Waals surface area contributed by atoms with Crippen LogP contribution in [0.2, 0.25) is 0 Å². The number of carbonyl (C=O) groups excluding carboxylic acids is 5. The maximum Gasteiger partial charge on any atom is 1.00 e. The van der Waals surface area contributed by atoms with E-state index in [4.69, 9.17) is 19.8 Å². The minimum Gasteiger partial charge on any atom is -0.870 e. The van der Waals surface area contributed by atoms with Crippen LogP contribution in [0.15, 0.2) is 24.3 Å². The van der Waals surface area contributed by atoms with Crippen LogP contribution in [0.3, 0.4) is 0 Å². The average molecular weight is 855 g/mol. The Morgan fingerprint density at radius 3 is 1.55 bits per heavy atom. The van der Waals surface area contributed by atoms with Gasteiger partial charge in [0.15, 0.2) is 0 Å². The molecule has 6 rings (SSSR count). The average Bonchev–Trinajstić information content (AvgIpc) is 3.79. The van der Waals surface area contributed by atoms with Crippen LogP contribution in [0.25, 0.3) is 0 Å². The zero-order valence-electron chi connectivity index (χ0n) is 37.6. The van der Waals surface area contributed by atoms with E-state index < -0.39 is 24.0 Å². The van der Waals surface area contributed by atoms with Gasteiger partial charge in [-0.15, -0.1) is 0 Å². The van der Waals surface area contributed by atoms with Gasteiger partial charge in [0, 0.05) is 62.8 Å². The van der Waals surface area contributed by atoms with Crippen molar-refractivity contribution in [2.45, 2.75) is 147 Å². The van der Waals surface area contributed by atoms with Crippen molar-refractivity contribution in [3.05, 3.63) is 58.2 Å². The molecule has 336 valence electrons. The molecule has 0 spiro atoms. The second kappa shape index (κ2) is 26.3. The molecular weight excluding hydrogens is 787 g/mol. The summed E-state index contributed by atoms with van der Waals surface area (Å²) in [7, 11) is 3.34. The molecule has 15 nitrogen and oxygen atoms in total. The molecule has 2 aliphatic heterocycles. The van der Waals surface area contributed by atoms with Gasteiger partial charge in [-0.1, -0.05) is 25.0 Å². The number of ether oxygens (including phenoxy) is 1. The van der Waals surface area contributed by atoms with Gasteiger partial charge in [-0.3, -0.25) is 38.7 Å². The van der Waals surface area contributed by atoms with E-state index in [1.807, 2.05) is 0 Å². The normalized spacial score (nSPS) is 17.7. The van der Waals surface area contributed by atoms with Crippen molar-refractivity contribution in [3.8, 4) is 0 Å². The number of likely N-dealkylation sites (N-methyl/N-ethyl adjacent to an activating group) is 2. The Hall–Kier alpha value is -4.32. The van der Waals surface area contributed by atoms with Crippen molar-refractivity contribution in [2.24, 2.45) is 0 Å². The van der Waals surface area contributed by atoms with Gasteiger partial charge in [0.25, 0.3) is 0 Å². The summed E-state index contributed by atoms with van der Waals surface area (Å²) < 4.78 is 4.91. The number of carboxylic acids is 1. The fraction of sp³-hybridized carbons (Fsp3) is 0.652. The standard InChI is InChI=1S/C24H35N3O4.C22H31N3O4.Li.H2O/c1-3-31-23(29)17-27-16-15-21(24(27)30)26(2)22(28)12-6-4-5-10-19-14-13-18-9-7-8-11-20(18)25-19;1-24(19-13-14-25(22(19)29)15-21(27)28)20(26)10-4-2-3-8-17-12-11-16-7-5-6-9-18(16)23-17;;/h13-14,21H,3-12,15-17H2,1-2H3;11-12,19H,2-10,13-15H2,1H3,(H,27,28);;1H2/q;;+1;/p-1. The monoisotopic (exact) mass is 855 g/mol. The zero-order chi connectivity index (χ0) is 43.0. The number of fused-ring (bicyclic) bond motifs is 2. The van der Waals surface area contributed by atoms with Crippen LogP contribution in [0.1, 0.15) is 131 Å². The number of pyridine rings is 2. The summed E-state index contributed by atoms with van der Waals surface area (Å²) in [4.78, 5) is 87.7. The van der Waals surface area contributed by atoms with Crippen LogP contribution in [0.5, 0.6) is 0 Å². The summed E-state index contributed by atoms with van der Waals surface area (Å²) in [6.07, 6.45) is 18.8. The minimum atomic E-state index is -1.03. The Bertz CT molecular complexity index is 1830. The number of nitrogens with zero attached hydrogens (tertiary/aromatic N) is 6. The SMILES string of the molecule is CCOC(=O)CN1CCC(N(C)C(=O)CCCCCc2ccc3c(n2)CCCC3)C1=O.CN(C(=O)CCCCCc1ccc2c(n1)CCCC2)C1CCN(CC(=O)O)C1=O.[Li+].[OH-]. The molecule has 62 heavy (non-hydrogen) atoms. The molecule has 16 heteroatoms. The molecule has 2 aromatic heterocycles. The van der Waals surface area contributed by atoms with E-state index in [1.54, 1.807) is 25.9 Å². The number of carboxylic acid groups (broad SMARTS) is 1. The summed E-state index contributed by atoms with van der Waals surface area (Å²) in [6, 6.07) is 7.75. The second-order valence-electron chi connectivity index (χ2n) is 16.7. The van der Waals surface area contributed by atoms with Crippen LogP contribution < -0.4 is 18.9 Å². The topological polar surface area (TPSA) is 201 Å². The molecule has 2 aromatic rings. The molecular formula is C46H67LiN6O9. The zero-order valence-corrected chi connectivity index (χ0v) is 37.6. The number of unbranched alkanes of at least 4 members (excludes halogenated alkanes) is 4. The molecule has 4 aliphatic rings. The van der Waals surface area contributed by atoms with Gasteiger partial charge < -0.3 is 34.9 Å². The summed E-state index contributed by atoms with van der Waals surface area (Å²) in [5.41, 5.74) is 7.65. The van der Waals surface area contributed by atoms with Crippen molar-refractivity contribution >= 4 is 35.6 Å². The van der Waals surface area contributed by atoms with Gasteiger partial charge in [-0.2, -0.15) is 0 Å². The van der Waals surface area contributed by atoms with Gasteiger partial charge in [-0.05, 0) is 133 Å². The summed E-state index contributed by atoms with van der Waals surface area (Å²) in [5, 5.41) is 8.85. The first-order valence-corrected chi connectivity index (χ1v) is 22.4. The predicted octanol–water partition coefficient (Wildman–Crippen LogP) is 1.72. The quantitative estimate of drug-likeness (QED) is 0.123. The third-order valence-corrected chi connectivity index (χ3v) is 12.3. The number of esters is 1. The van der Waals surface area contributed by atoms with E-state index >= 15 is 0 Å². The maximum atomic E-state index is 12.6. The largest absolute Gasteiger partial charge is 1.00 e.